The van der Waals surface area contributed by atoms with Crippen LogP contribution in [-0.4, -0.2) is 29.3 Å². The van der Waals surface area contributed by atoms with Crippen LogP contribution in [0.15, 0.2) is 54.6 Å². The molecule has 0 bridgehead atoms. The first-order valence-corrected chi connectivity index (χ1v) is 15.6. The first-order chi connectivity index (χ1) is 20.4. The van der Waals surface area contributed by atoms with Crippen LogP contribution >= 0.6 is 22.6 Å². The normalized spacial score (nSPS) is 19.4. The molecular weight excluding hydrogens is 673 g/mol. The van der Waals surface area contributed by atoms with Gasteiger partial charge in [-0.25, -0.2) is 4.39 Å². The number of benzene rings is 3. The van der Waals surface area contributed by atoms with Gasteiger partial charge in [-0.1, -0.05) is 37.1 Å². The highest BCUT2D eigenvalue weighted by atomic mass is 127. The number of nitrogens with one attached hydrogen (secondary N) is 2. The number of alkyl halides is 3. The average molecular weight is 708 g/mol. The monoisotopic (exact) mass is 707 g/mol. The molecule has 1 saturated heterocycles. The molecule has 2 fully saturated rings. The quantitative estimate of drug-likeness (QED) is 0.199. The largest absolute Gasteiger partial charge is 0.416 e. The highest BCUT2D eigenvalue weighted by Gasteiger charge is 2.41. The number of likely N-dealkylation sites (tertiary alicyclic amines) is 1. The lowest BCUT2D eigenvalue weighted by Crippen LogP contribution is -2.46. The fourth-order valence-corrected chi connectivity index (χ4v) is 7.10. The molecule has 3 aromatic rings. The topological polar surface area (TPSA) is 61.4 Å². The Morgan fingerprint density at radius 1 is 0.930 bits per heavy atom. The number of anilines is 2. The van der Waals surface area contributed by atoms with E-state index in [9.17, 15) is 27.2 Å². The van der Waals surface area contributed by atoms with E-state index >= 15 is 0 Å². The van der Waals surface area contributed by atoms with Crippen molar-refractivity contribution >= 4 is 45.8 Å². The van der Waals surface area contributed by atoms with Crippen molar-refractivity contribution in [3.63, 3.8) is 0 Å². The maximum absolute atomic E-state index is 15.0. The Morgan fingerprint density at radius 2 is 1.63 bits per heavy atom. The molecule has 2 atom stereocenters. The zero-order valence-electron chi connectivity index (χ0n) is 24.0. The van der Waals surface area contributed by atoms with Gasteiger partial charge in [0.2, 0.25) is 5.91 Å². The van der Waals surface area contributed by atoms with Gasteiger partial charge in [-0.15, -0.1) is 0 Å². The minimum absolute atomic E-state index is 0.0454. The Labute approximate surface area is 262 Å². The lowest BCUT2D eigenvalue weighted by atomic mass is 9.83. The second kappa shape index (κ2) is 12.8. The summed E-state index contributed by atoms with van der Waals surface area (Å²) in [6.45, 7) is 3.36. The third kappa shape index (κ3) is 6.84. The molecule has 5 rings (SSSR count). The summed E-state index contributed by atoms with van der Waals surface area (Å²) in [6.07, 6.45) is 0.893. The summed E-state index contributed by atoms with van der Waals surface area (Å²) in [7, 11) is 0. The van der Waals surface area contributed by atoms with Crippen LogP contribution < -0.4 is 10.6 Å². The molecule has 1 heterocycles. The van der Waals surface area contributed by atoms with Gasteiger partial charge in [-0.05, 0) is 109 Å². The SMILES string of the molecule is Cc1cc(I)c(NC(=O)C2CCCN(C(=O)c3c(C)cccc3F)C2c2ccc(NC3CCCC3)cc2)cc1C(F)(F)F. The van der Waals surface area contributed by atoms with E-state index in [0.29, 0.717) is 40.1 Å². The summed E-state index contributed by atoms with van der Waals surface area (Å²) in [6, 6.07) is 14.1. The van der Waals surface area contributed by atoms with Crippen molar-refractivity contribution in [1.82, 2.24) is 4.90 Å². The number of hydrogen-bond acceptors (Lipinski definition) is 3. The third-order valence-corrected chi connectivity index (χ3v) is 9.41. The van der Waals surface area contributed by atoms with Crippen LogP contribution in [0.2, 0.25) is 0 Å². The van der Waals surface area contributed by atoms with Gasteiger partial charge in [0.1, 0.15) is 5.82 Å². The number of carbonyl (C=O) groups is 2. The predicted octanol–water partition coefficient (Wildman–Crippen LogP) is 8.65. The van der Waals surface area contributed by atoms with Gasteiger partial charge >= 0.3 is 6.18 Å². The van der Waals surface area contributed by atoms with Gasteiger partial charge in [-0.2, -0.15) is 13.2 Å². The fourth-order valence-electron chi connectivity index (χ4n) is 6.34. The average Bonchev–Trinajstić information content (AvgIpc) is 3.47. The summed E-state index contributed by atoms with van der Waals surface area (Å²) in [5, 5.41) is 6.27. The predicted molar refractivity (Wildman–Crippen MR) is 167 cm³/mol. The van der Waals surface area contributed by atoms with Gasteiger partial charge in [-0.3, -0.25) is 9.59 Å². The molecule has 2 unspecified atom stereocenters. The molecule has 10 heteroatoms. The Morgan fingerprint density at radius 3 is 2.28 bits per heavy atom. The smallest absolute Gasteiger partial charge is 0.382 e. The highest BCUT2D eigenvalue weighted by Crippen LogP contribution is 2.40. The lowest BCUT2D eigenvalue weighted by Gasteiger charge is -2.41. The van der Waals surface area contributed by atoms with Gasteiger partial charge in [0.05, 0.1) is 28.8 Å². The molecule has 43 heavy (non-hydrogen) atoms. The van der Waals surface area contributed by atoms with E-state index < -0.39 is 41.3 Å². The van der Waals surface area contributed by atoms with Gasteiger partial charge in [0.25, 0.3) is 5.91 Å². The number of piperidine rings is 1. The molecule has 1 aliphatic carbocycles. The Hall–Kier alpha value is -3.15. The van der Waals surface area contributed by atoms with Crippen molar-refractivity contribution in [3.8, 4) is 0 Å². The van der Waals surface area contributed by atoms with Crippen molar-refractivity contribution in [2.75, 3.05) is 17.2 Å². The lowest BCUT2D eigenvalue weighted by molar-refractivity contribution is -0.138. The molecule has 2 amide bonds. The van der Waals surface area contributed by atoms with Crippen LogP contribution in [0.1, 0.15) is 77.2 Å². The highest BCUT2D eigenvalue weighted by molar-refractivity contribution is 14.1. The van der Waals surface area contributed by atoms with Crippen LogP contribution in [0.25, 0.3) is 0 Å². The van der Waals surface area contributed by atoms with E-state index in [4.69, 9.17) is 0 Å². The fraction of sp³-hybridized carbons (Fsp3) is 0.394. The Bertz CT molecular complexity index is 1480. The third-order valence-electron chi connectivity index (χ3n) is 8.52. The summed E-state index contributed by atoms with van der Waals surface area (Å²) < 4.78 is 56.4. The molecule has 0 spiro atoms. The van der Waals surface area contributed by atoms with Crippen molar-refractivity contribution in [2.24, 2.45) is 5.92 Å². The number of nitrogens with zero attached hydrogens (tertiary/aromatic N) is 1. The molecule has 228 valence electrons. The number of amides is 2. The van der Waals surface area contributed by atoms with Crippen LogP contribution in [0.4, 0.5) is 28.9 Å². The standard InChI is InChI=1S/C33H34F4IN3O2/c1-19-7-5-11-26(34)29(19)32(43)41-16-6-10-24(30(41)21-12-14-23(15-13-21)39-22-8-3-4-9-22)31(42)40-28-18-25(33(35,36)37)20(2)17-27(28)38/h5,7,11-15,17-18,22,24,30,39H,3-4,6,8-10,16H2,1-2H3,(H,40,42). The van der Waals surface area contributed by atoms with E-state index in [-0.39, 0.29) is 16.8 Å². The number of rotatable bonds is 6. The van der Waals surface area contributed by atoms with Crippen LogP contribution in [0, 0.1) is 29.2 Å². The van der Waals surface area contributed by atoms with Crippen molar-refractivity contribution in [1.29, 1.82) is 0 Å². The number of halogens is 5. The summed E-state index contributed by atoms with van der Waals surface area (Å²) in [5.74, 6) is -2.42. The Balaban J connectivity index is 1.50. The second-order valence-electron chi connectivity index (χ2n) is 11.5. The number of carbonyl (C=O) groups excluding carboxylic acids is 2. The maximum Gasteiger partial charge on any atom is 0.416 e. The summed E-state index contributed by atoms with van der Waals surface area (Å²) >= 11 is 1.91. The minimum Gasteiger partial charge on any atom is -0.382 e. The van der Waals surface area contributed by atoms with Crippen molar-refractivity contribution in [3.05, 3.63) is 91.8 Å². The summed E-state index contributed by atoms with van der Waals surface area (Å²) in [5.41, 5.74) is 1.38. The molecule has 2 N–H and O–H groups in total. The molecule has 2 aliphatic rings. The maximum atomic E-state index is 15.0. The minimum atomic E-state index is -4.57. The van der Waals surface area contributed by atoms with E-state index in [0.717, 1.165) is 24.6 Å². The Kier molecular flexibility index (Phi) is 9.34. The second-order valence-corrected chi connectivity index (χ2v) is 12.7. The zero-order chi connectivity index (χ0) is 30.9. The van der Waals surface area contributed by atoms with Crippen LogP contribution in [-0.2, 0) is 11.0 Å². The zero-order valence-corrected chi connectivity index (χ0v) is 26.2. The number of hydrogen-bond donors (Lipinski definition) is 2. The van der Waals surface area contributed by atoms with Crippen molar-refractivity contribution < 1.29 is 27.2 Å². The molecular formula is C33H34F4IN3O2. The summed E-state index contributed by atoms with van der Waals surface area (Å²) in [4.78, 5) is 29.3. The molecule has 1 saturated carbocycles. The molecule has 5 nitrogen and oxygen atoms in total. The molecule has 0 radical (unpaired) electrons. The van der Waals surface area contributed by atoms with E-state index in [2.05, 4.69) is 10.6 Å². The van der Waals surface area contributed by atoms with Crippen LogP contribution in [0.5, 0.6) is 0 Å². The molecule has 3 aromatic carbocycles. The van der Waals surface area contributed by atoms with Gasteiger partial charge < -0.3 is 15.5 Å². The van der Waals surface area contributed by atoms with E-state index in [1.54, 1.807) is 24.0 Å². The first kappa shape index (κ1) is 31.3. The van der Waals surface area contributed by atoms with Crippen molar-refractivity contribution in [2.45, 2.75) is 70.6 Å². The van der Waals surface area contributed by atoms with E-state index in [1.807, 2.05) is 46.9 Å². The first-order valence-electron chi connectivity index (χ1n) is 14.5. The molecule has 0 aromatic heterocycles. The van der Waals surface area contributed by atoms with Gasteiger partial charge in [0.15, 0.2) is 0 Å². The van der Waals surface area contributed by atoms with Crippen LogP contribution in [0.3, 0.4) is 0 Å². The van der Waals surface area contributed by atoms with E-state index in [1.165, 1.54) is 31.9 Å². The molecule has 1 aliphatic heterocycles. The number of aryl methyl sites for hydroxylation is 2. The van der Waals surface area contributed by atoms with Gasteiger partial charge in [0, 0.05) is 21.8 Å².